The van der Waals surface area contributed by atoms with Crippen molar-refractivity contribution in [3.05, 3.63) is 126 Å². The first kappa shape index (κ1) is 43.8. The van der Waals surface area contributed by atoms with Crippen LogP contribution in [0.3, 0.4) is 0 Å². The molecule has 6 aromatic rings. The lowest BCUT2D eigenvalue weighted by Gasteiger charge is -2.39. The first-order chi connectivity index (χ1) is 31.6. The van der Waals surface area contributed by atoms with Crippen molar-refractivity contribution in [2.45, 2.75) is 82.4 Å². The molecular formula is C50H51F3N6O6. The minimum atomic E-state index is -0.955. The molecule has 9 rings (SSSR count). The molecule has 0 aliphatic carbocycles. The summed E-state index contributed by atoms with van der Waals surface area (Å²) in [6.07, 6.45) is 3.14. The first-order valence-electron chi connectivity index (χ1n) is 22.2. The Hall–Kier alpha value is -6.48. The number of nitrogens with one attached hydrogen (secondary N) is 1. The van der Waals surface area contributed by atoms with Crippen LogP contribution in [0, 0.1) is 11.6 Å². The summed E-state index contributed by atoms with van der Waals surface area (Å²) in [4.78, 5) is 43.3. The number of amides is 2. The van der Waals surface area contributed by atoms with Crippen molar-refractivity contribution in [2.75, 3.05) is 39.3 Å². The van der Waals surface area contributed by atoms with Crippen LogP contribution in [-0.2, 0) is 29.1 Å². The molecule has 3 saturated heterocycles. The van der Waals surface area contributed by atoms with E-state index in [0.29, 0.717) is 60.7 Å². The van der Waals surface area contributed by atoms with E-state index in [9.17, 15) is 14.0 Å². The number of alkyl carbamates (subject to hydrolysis) is 1. The highest BCUT2D eigenvalue weighted by Crippen LogP contribution is 2.41. The molecule has 4 aromatic carbocycles. The number of rotatable bonds is 14. The van der Waals surface area contributed by atoms with E-state index < -0.39 is 41.1 Å². The molecule has 5 heterocycles. The zero-order valence-corrected chi connectivity index (χ0v) is 36.2. The van der Waals surface area contributed by atoms with Crippen LogP contribution in [-0.4, -0.2) is 93.6 Å². The number of hydrogen-bond acceptors (Lipinski definition) is 10. The van der Waals surface area contributed by atoms with Gasteiger partial charge in [-0.2, -0.15) is 9.97 Å². The summed E-state index contributed by atoms with van der Waals surface area (Å²) in [5, 5.41) is 4.15. The van der Waals surface area contributed by atoms with E-state index in [1.165, 1.54) is 12.3 Å². The van der Waals surface area contributed by atoms with Crippen LogP contribution in [0.5, 0.6) is 11.9 Å². The van der Waals surface area contributed by atoms with E-state index >= 15 is 8.78 Å². The third kappa shape index (κ3) is 9.65. The minimum Gasteiger partial charge on any atom is -0.472 e. The SMILES string of the molecule is C[C@@]1(OC(=O)NCCCc2c(F)ccc3cccc(-c4ncc5c(OCc6ccccc6)nc(OC[C@@]67CCCN6C[C@H](F)C7)nc5c4F)c23)CCCN(C(=O)OCc2ccccc2)C1. The highest BCUT2D eigenvalue weighted by atomic mass is 19.1. The summed E-state index contributed by atoms with van der Waals surface area (Å²) < 4.78 is 71.3. The molecule has 15 heteroatoms. The number of nitrogens with zero attached hydrogens (tertiary/aromatic N) is 5. The maximum Gasteiger partial charge on any atom is 0.410 e. The summed E-state index contributed by atoms with van der Waals surface area (Å²) in [5.41, 5.74) is 0.876. The van der Waals surface area contributed by atoms with Gasteiger partial charge in [0.2, 0.25) is 5.88 Å². The van der Waals surface area contributed by atoms with E-state index in [1.807, 2.05) is 66.7 Å². The molecule has 12 nitrogen and oxygen atoms in total. The molecule has 3 fully saturated rings. The molecule has 0 unspecified atom stereocenters. The number of pyridine rings is 1. The fourth-order valence-electron chi connectivity index (χ4n) is 9.59. The maximum absolute atomic E-state index is 17.1. The number of piperidine rings is 1. The predicted molar refractivity (Wildman–Crippen MR) is 238 cm³/mol. The number of halogens is 3. The maximum atomic E-state index is 17.1. The number of aryl methyl sites for hydroxylation is 1. The average molecular weight is 889 g/mol. The second-order valence-electron chi connectivity index (χ2n) is 17.5. The lowest BCUT2D eigenvalue weighted by Crippen LogP contribution is -2.52. The Balaban J connectivity index is 0.916. The Bertz CT molecular complexity index is 2680. The van der Waals surface area contributed by atoms with Crippen molar-refractivity contribution >= 4 is 33.9 Å². The van der Waals surface area contributed by atoms with Gasteiger partial charge in [0.15, 0.2) is 5.82 Å². The number of benzene rings is 4. The second kappa shape index (κ2) is 18.9. The number of likely N-dealkylation sites (tertiary alicyclic amines) is 1. The molecule has 3 aliphatic rings. The number of carbonyl (C=O) groups excluding carboxylic acids is 2. The van der Waals surface area contributed by atoms with Gasteiger partial charge in [-0.15, -0.1) is 0 Å². The number of aromatic nitrogens is 3. The zero-order valence-electron chi connectivity index (χ0n) is 36.2. The molecule has 338 valence electrons. The second-order valence-corrected chi connectivity index (χ2v) is 17.5. The van der Waals surface area contributed by atoms with Gasteiger partial charge in [-0.3, -0.25) is 9.88 Å². The number of ether oxygens (including phenoxy) is 4. The molecule has 65 heavy (non-hydrogen) atoms. The molecule has 0 radical (unpaired) electrons. The van der Waals surface area contributed by atoms with Gasteiger partial charge in [-0.25, -0.2) is 22.8 Å². The van der Waals surface area contributed by atoms with Crippen LogP contribution in [0.2, 0.25) is 0 Å². The number of hydrogen-bond donors (Lipinski definition) is 1. The minimum absolute atomic E-state index is 0.0503. The molecule has 0 saturated carbocycles. The highest BCUT2D eigenvalue weighted by molar-refractivity contribution is 6.00. The quantitative estimate of drug-likeness (QED) is 0.106. The van der Waals surface area contributed by atoms with E-state index in [-0.39, 0.29) is 67.8 Å². The van der Waals surface area contributed by atoms with Gasteiger partial charge in [0.1, 0.15) is 48.6 Å². The monoisotopic (exact) mass is 888 g/mol. The van der Waals surface area contributed by atoms with Crippen molar-refractivity contribution in [1.82, 2.24) is 30.1 Å². The molecule has 0 bridgehead atoms. The molecule has 3 atom stereocenters. The van der Waals surface area contributed by atoms with Crippen LogP contribution >= 0.6 is 0 Å². The topological polar surface area (TPSA) is 128 Å². The molecule has 2 amide bonds. The molecule has 0 spiro atoms. The standard InChI is InChI=1S/C50H51F3N6O6/c1-49(21-10-24-58(31-49)48(61)63-30-34-14-6-3-7-15-34)65-47(60)54-23-9-18-37-40(52)20-19-35-16-8-17-38(41(35)37)43-42(53)44-39(27-55-43)45(62-29-33-12-4-2-5-13-33)57-46(56-44)64-32-50-22-11-25-59(50)28-36(51)26-50/h2-8,12-17,19-20,27,36H,9-11,18,21-26,28-32H2,1H3,(H,54,60)/t36-,49-,50+/m1/s1. The number of alkyl halides is 1. The Morgan fingerprint density at radius 2 is 1.65 bits per heavy atom. The van der Waals surface area contributed by atoms with Gasteiger partial charge in [0.25, 0.3) is 0 Å². The summed E-state index contributed by atoms with van der Waals surface area (Å²) in [7, 11) is 0. The molecular weight excluding hydrogens is 838 g/mol. The Morgan fingerprint density at radius 3 is 2.45 bits per heavy atom. The van der Waals surface area contributed by atoms with Crippen LogP contribution in [0.25, 0.3) is 32.9 Å². The van der Waals surface area contributed by atoms with E-state index in [0.717, 1.165) is 30.5 Å². The van der Waals surface area contributed by atoms with E-state index in [4.69, 9.17) is 18.9 Å². The molecule has 2 aromatic heterocycles. The highest BCUT2D eigenvalue weighted by Gasteiger charge is 2.49. The van der Waals surface area contributed by atoms with Crippen LogP contribution < -0.4 is 14.8 Å². The lowest BCUT2D eigenvalue weighted by molar-refractivity contribution is -0.0303. The summed E-state index contributed by atoms with van der Waals surface area (Å²) in [6.45, 7) is 4.17. The summed E-state index contributed by atoms with van der Waals surface area (Å²) >= 11 is 0. The zero-order chi connectivity index (χ0) is 45.0. The first-order valence-corrected chi connectivity index (χ1v) is 22.2. The molecule has 1 N–H and O–H groups in total. The van der Waals surface area contributed by atoms with E-state index in [2.05, 4.69) is 25.2 Å². The Kier molecular flexibility index (Phi) is 12.7. The largest absolute Gasteiger partial charge is 0.472 e. The number of fused-ring (bicyclic) bond motifs is 3. The summed E-state index contributed by atoms with van der Waals surface area (Å²) in [6, 6.07) is 27.0. The molecule has 3 aliphatic heterocycles. The number of carbonyl (C=O) groups is 2. The van der Waals surface area contributed by atoms with Crippen molar-refractivity contribution in [3.8, 4) is 23.1 Å². The average Bonchev–Trinajstić information content (AvgIpc) is 3.85. The third-order valence-corrected chi connectivity index (χ3v) is 12.8. The normalized spacial score (nSPS) is 20.7. The van der Waals surface area contributed by atoms with Crippen molar-refractivity contribution in [2.24, 2.45) is 0 Å². The van der Waals surface area contributed by atoms with Crippen LogP contribution in [0.4, 0.5) is 22.8 Å². The Labute approximate surface area is 375 Å². The Morgan fingerprint density at radius 1 is 0.877 bits per heavy atom. The van der Waals surface area contributed by atoms with Gasteiger partial charge >= 0.3 is 18.2 Å². The van der Waals surface area contributed by atoms with Gasteiger partial charge in [0, 0.05) is 37.8 Å². The van der Waals surface area contributed by atoms with Crippen LogP contribution in [0.1, 0.15) is 62.1 Å². The van der Waals surface area contributed by atoms with Crippen molar-refractivity contribution < 1.29 is 41.7 Å². The summed E-state index contributed by atoms with van der Waals surface area (Å²) in [5.74, 6) is -1.18. The van der Waals surface area contributed by atoms with Crippen molar-refractivity contribution in [1.29, 1.82) is 0 Å². The fourth-order valence-corrected chi connectivity index (χ4v) is 9.59. The van der Waals surface area contributed by atoms with Crippen LogP contribution in [0.15, 0.2) is 97.2 Å². The lowest BCUT2D eigenvalue weighted by atomic mass is 9.94. The fraction of sp³-hybridized carbons (Fsp3) is 0.380. The smallest absolute Gasteiger partial charge is 0.410 e. The van der Waals surface area contributed by atoms with Gasteiger partial charge in [-0.1, -0.05) is 84.9 Å². The van der Waals surface area contributed by atoms with E-state index in [1.54, 1.807) is 30.0 Å². The van der Waals surface area contributed by atoms with Crippen molar-refractivity contribution in [3.63, 3.8) is 0 Å². The van der Waals surface area contributed by atoms with Gasteiger partial charge < -0.3 is 29.2 Å². The van der Waals surface area contributed by atoms with Gasteiger partial charge in [0.05, 0.1) is 17.5 Å². The van der Waals surface area contributed by atoms with Gasteiger partial charge in [-0.05, 0) is 85.5 Å². The predicted octanol–water partition coefficient (Wildman–Crippen LogP) is 9.51. The third-order valence-electron chi connectivity index (χ3n) is 12.8.